The average molecular weight is 307 g/mol. The third-order valence-corrected chi connectivity index (χ3v) is 2.79. The highest BCUT2D eigenvalue weighted by molar-refractivity contribution is 5.40. The Labute approximate surface area is 121 Å². The van der Waals surface area contributed by atoms with E-state index in [0.717, 1.165) is 13.0 Å². The number of alkyl halides is 3. The molecule has 0 saturated carbocycles. The summed E-state index contributed by atoms with van der Waals surface area (Å²) < 4.78 is 47.0. The van der Waals surface area contributed by atoms with E-state index in [2.05, 4.69) is 5.32 Å². The highest BCUT2D eigenvalue weighted by Crippen LogP contribution is 2.27. The van der Waals surface area contributed by atoms with Gasteiger partial charge in [0.05, 0.1) is 7.11 Å². The number of methoxy groups -OCH3 is 1. The van der Waals surface area contributed by atoms with Crippen molar-refractivity contribution in [2.45, 2.75) is 32.2 Å². The molecule has 0 fully saturated rings. The first-order valence-corrected chi connectivity index (χ1v) is 6.63. The van der Waals surface area contributed by atoms with Crippen LogP contribution in [0.1, 0.15) is 18.9 Å². The number of ether oxygens (including phenoxy) is 2. The third kappa shape index (κ3) is 5.81. The number of hydrogen-bond donors (Lipinski definition) is 2. The topological polar surface area (TPSA) is 50.7 Å². The maximum Gasteiger partial charge on any atom is 0.417 e. The highest BCUT2D eigenvalue weighted by Gasteiger charge is 2.38. The van der Waals surface area contributed by atoms with Crippen molar-refractivity contribution in [3.05, 3.63) is 23.8 Å². The Bertz CT molecular complexity index is 438. The fourth-order valence-corrected chi connectivity index (χ4v) is 1.61. The molecule has 0 radical (unpaired) electrons. The lowest BCUT2D eigenvalue weighted by Crippen LogP contribution is -2.34. The smallest absolute Gasteiger partial charge is 0.417 e. The van der Waals surface area contributed by atoms with Crippen LogP contribution in [0.15, 0.2) is 18.2 Å². The van der Waals surface area contributed by atoms with Crippen molar-refractivity contribution >= 4 is 0 Å². The van der Waals surface area contributed by atoms with Gasteiger partial charge in [-0.05, 0) is 19.0 Å². The second kappa shape index (κ2) is 8.09. The summed E-state index contributed by atoms with van der Waals surface area (Å²) in [5.74, 6) is 0.743. The van der Waals surface area contributed by atoms with Gasteiger partial charge in [0.15, 0.2) is 6.10 Å². The Morgan fingerprint density at radius 1 is 1.33 bits per heavy atom. The normalized spacial score (nSPS) is 13.0. The molecule has 7 heteroatoms. The summed E-state index contributed by atoms with van der Waals surface area (Å²) in [6, 6.07) is 4.93. The van der Waals surface area contributed by atoms with Gasteiger partial charge in [0.25, 0.3) is 0 Å². The molecule has 0 saturated heterocycles. The second-order valence-corrected chi connectivity index (χ2v) is 4.52. The molecule has 1 atom stereocenters. The predicted molar refractivity (Wildman–Crippen MR) is 72.5 cm³/mol. The van der Waals surface area contributed by atoms with E-state index in [9.17, 15) is 13.2 Å². The minimum Gasteiger partial charge on any atom is -0.497 e. The number of benzene rings is 1. The van der Waals surface area contributed by atoms with Crippen molar-refractivity contribution in [3.63, 3.8) is 0 Å². The fourth-order valence-electron chi connectivity index (χ4n) is 1.61. The van der Waals surface area contributed by atoms with Crippen LogP contribution in [0.2, 0.25) is 0 Å². The molecule has 0 spiro atoms. The van der Waals surface area contributed by atoms with Crippen LogP contribution in [-0.4, -0.2) is 37.6 Å². The van der Waals surface area contributed by atoms with Crippen molar-refractivity contribution < 1.29 is 27.8 Å². The summed E-state index contributed by atoms with van der Waals surface area (Å²) >= 11 is 0. The molecule has 1 aromatic rings. The van der Waals surface area contributed by atoms with E-state index in [0.29, 0.717) is 17.9 Å². The van der Waals surface area contributed by atoms with Crippen molar-refractivity contribution in [1.82, 2.24) is 5.32 Å². The first kappa shape index (κ1) is 17.6. The van der Waals surface area contributed by atoms with Gasteiger partial charge >= 0.3 is 6.18 Å². The summed E-state index contributed by atoms with van der Waals surface area (Å²) in [6.45, 7) is 2.42. The summed E-state index contributed by atoms with van der Waals surface area (Å²) in [6.07, 6.45) is -6.27. The highest BCUT2D eigenvalue weighted by atomic mass is 19.4. The van der Waals surface area contributed by atoms with Crippen LogP contribution in [0.4, 0.5) is 13.2 Å². The molecule has 2 N–H and O–H groups in total. The van der Waals surface area contributed by atoms with Crippen LogP contribution >= 0.6 is 0 Å². The number of nitrogens with one attached hydrogen (secondary N) is 1. The lowest BCUT2D eigenvalue weighted by atomic mass is 10.2. The number of halogens is 3. The van der Waals surface area contributed by atoms with Crippen LogP contribution in [0, 0.1) is 0 Å². The van der Waals surface area contributed by atoms with Crippen molar-refractivity contribution in [3.8, 4) is 11.5 Å². The van der Waals surface area contributed by atoms with Gasteiger partial charge in [0.2, 0.25) is 0 Å². The molecule has 0 aliphatic heterocycles. The Morgan fingerprint density at radius 3 is 2.62 bits per heavy atom. The lowest BCUT2D eigenvalue weighted by molar-refractivity contribution is -0.210. The van der Waals surface area contributed by atoms with Gasteiger partial charge in [-0.1, -0.05) is 13.0 Å². The van der Waals surface area contributed by atoms with Gasteiger partial charge in [-0.2, -0.15) is 13.2 Å². The molecule has 0 aromatic heterocycles. The van der Waals surface area contributed by atoms with Gasteiger partial charge in [-0.15, -0.1) is 0 Å². The first-order chi connectivity index (χ1) is 9.88. The van der Waals surface area contributed by atoms with Crippen molar-refractivity contribution in [2.75, 3.05) is 20.3 Å². The SMILES string of the molecule is CCCNCc1ccc(OC)cc1OCC(O)C(F)(F)F. The molecule has 0 amide bonds. The zero-order chi connectivity index (χ0) is 15.9. The first-order valence-electron chi connectivity index (χ1n) is 6.63. The van der Waals surface area contributed by atoms with Gasteiger partial charge in [-0.25, -0.2) is 0 Å². The molecular weight excluding hydrogens is 287 g/mol. The maximum absolute atomic E-state index is 12.3. The zero-order valence-corrected chi connectivity index (χ0v) is 12.0. The van der Waals surface area contributed by atoms with E-state index >= 15 is 0 Å². The average Bonchev–Trinajstić information content (AvgIpc) is 2.44. The molecule has 1 unspecified atom stereocenters. The third-order valence-electron chi connectivity index (χ3n) is 2.79. The monoisotopic (exact) mass is 307 g/mol. The minimum absolute atomic E-state index is 0.265. The van der Waals surface area contributed by atoms with E-state index in [1.165, 1.54) is 13.2 Å². The Kier molecular flexibility index (Phi) is 6.77. The molecule has 0 heterocycles. The minimum atomic E-state index is -4.69. The van der Waals surface area contributed by atoms with E-state index in [1.54, 1.807) is 12.1 Å². The van der Waals surface area contributed by atoms with Gasteiger partial charge in [-0.3, -0.25) is 0 Å². The van der Waals surface area contributed by atoms with E-state index < -0.39 is 18.9 Å². The second-order valence-electron chi connectivity index (χ2n) is 4.52. The molecule has 21 heavy (non-hydrogen) atoms. The largest absolute Gasteiger partial charge is 0.497 e. The van der Waals surface area contributed by atoms with E-state index in [4.69, 9.17) is 14.6 Å². The maximum atomic E-state index is 12.3. The molecule has 120 valence electrons. The van der Waals surface area contributed by atoms with Gasteiger partial charge < -0.3 is 19.9 Å². The Hall–Kier alpha value is -1.47. The predicted octanol–water partition coefficient (Wildman–Crippen LogP) is 2.50. The van der Waals surface area contributed by atoms with Crippen LogP contribution < -0.4 is 14.8 Å². The molecule has 1 rings (SSSR count). The summed E-state index contributed by atoms with van der Waals surface area (Å²) in [4.78, 5) is 0. The molecule has 1 aromatic carbocycles. The fraction of sp³-hybridized carbons (Fsp3) is 0.571. The van der Waals surface area contributed by atoms with Gasteiger partial charge in [0, 0.05) is 18.2 Å². The Balaban J connectivity index is 2.76. The summed E-state index contributed by atoms with van der Waals surface area (Å²) in [5.41, 5.74) is 0.707. The zero-order valence-electron chi connectivity index (χ0n) is 12.0. The number of aliphatic hydroxyl groups is 1. The lowest BCUT2D eigenvalue weighted by Gasteiger charge is -2.18. The molecule has 0 bridgehead atoms. The van der Waals surface area contributed by atoms with Gasteiger partial charge in [0.1, 0.15) is 18.1 Å². The molecule has 0 aliphatic rings. The summed E-state index contributed by atoms with van der Waals surface area (Å²) in [5, 5.41) is 12.1. The van der Waals surface area contributed by atoms with E-state index in [1.807, 2.05) is 6.92 Å². The van der Waals surface area contributed by atoms with Crippen molar-refractivity contribution in [2.24, 2.45) is 0 Å². The number of aliphatic hydroxyl groups excluding tert-OH is 1. The Morgan fingerprint density at radius 2 is 2.05 bits per heavy atom. The van der Waals surface area contributed by atoms with Crippen molar-refractivity contribution in [1.29, 1.82) is 0 Å². The van der Waals surface area contributed by atoms with E-state index in [-0.39, 0.29) is 5.75 Å². The van der Waals surface area contributed by atoms with Crippen LogP contribution in [0.5, 0.6) is 11.5 Å². The standard InChI is InChI=1S/C14H20F3NO3/c1-3-6-18-8-10-4-5-11(20-2)7-12(10)21-9-13(19)14(15,16)17/h4-5,7,13,18-19H,3,6,8-9H2,1-2H3. The molecule has 4 nitrogen and oxygen atoms in total. The quantitative estimate of drug-likeness (QED) is 0.725. The molecule has 0 aliphatic carbocycles. The van der Waals surface area contributed by atoms with Crippen LogP contribution in [-0.2, 0) is 6.54 Å². The summed E-state index contributed by atoms with van der Waals surface area (Å²) in [7, 11) is 1.46. The number of hydrogen-bond acceptors (Lipinski definition) is 4. The van der Waals surface area contributed by atoms with Crippen LogP contribution in [0.25, 0.3) is 0 Å². The molecular formula is C14H20F3NO3. The number of rotatable bonds is 8. The van der Waals surface area contributed by atoms with Crippen LogP contribution in [0.3, 0.4) is 0 Å².